The van der Waals surface area contributed by atoms with Crippen molar-refractivity contribution in [2.24, 2.45) is 0 Å². The average Bonchev–Trinajstić information content (AvgIpc) is 2.83. The quantitative estimate of drug-likeness (QED) is 0.829. The lowest BCUT2D eigenvalue weighted by molar-refractivity contribution is 0.329. The third-order valence-corrected chi connectivity index (χ3v) is 5.86. The minimum absolute atomic E-state index is 0.0434. The van der Waals surface area contributed by atoms with Gasteiger partial charge < -0.3 is 10.2 Å². The molecule has 1 heterocycles. The van der Waals surface area contributed by atoms with E-state index >= 15 is 0 Å². The monoisotopic (exact) mass is 344 g/mol. The van der Waals surface area contributed by atoms with Gasteiger partial charge in [0.1, 0.15) is 5.82 Å². The molecule has 7 heteroatoms. The van der Waals surface area contributed by atoms with Crippen LogP contribution in [0.2, 0.25) is 0 Å². The first-order valence-corrected chi connectivity index (χ1v) is 9.63. The van der Waals surface area contributed by atoms with Crippen LogP contribution in [0, 0.1) is 5.82 Å². The van der Waals surface area contributed by atoms with Gasteiger partial charge in [-0.1, -0.05) is 19.1 Å². The van der Waals surface area contributed by atoms with Gasteiger partial charge >= 0.3 is 0 Å². The Morgan fingerprint density at radius 1 is 1.41 bits per heavy atom. The Morgan fingerprint density at radius 3 is 2.64 bits per heavy atom. The second kappa shape index (κ2) is 7.37. The third-order valence-electron chi connectivity index (χ3n) is 3.73. The van der Waals surface area contributed by atoms with Gasteiger partial charge in [0, 0.05) is 19.1 Å². The Bertz CT molecular complexity index is 617. The zero-order chi connectivity index (χ0) is 16.2. The van der Waals surface area contributed by atoms with E-state index in [9.17, 15) is 12.8 Å². The van der Waals surface area contributed by atoms with Crippen LogP contribution in [-0.2, 0) is 16.4 Å². The summed E-state index contributed by atoms with van der Waals surface area (Å²) in [5.74, 6) is 0.138. The van der Waals surface area contributed by atoms with Crippen LogP contribution in [0.15, 0.2) is 24.3 Å². The second-order valence-corrected chi connectivity index (χ2v) is 8.15. The molecular weight excluding hydrogens is 323 g/mol. The number of thiocarbonyl (C=S) groups is 1. The van der Waals surface area contributed by atoms with Crippen molar-refractivity contribution in [2.45, 2.75) is 32.4 Å². The first kappa shape index (κ1) is 17.1. The maximum atomic E-state index is 12.9. The Hall–Kier alpha value is -1.21. The highest BCUT2D eigenvalue weighted by Gasteiger charge is 2.32. The molecule has 4 nitrogen and oxygen atoms in total. The average molecular weight is 344 g/mol. The van der Waals surface area contributed by atoms with E-state index in [1.807, 2.05) is 11.8 Å². The molecule has 122 valence electrons. The van der Waals surface area contributed by atoms with Crippen molar-refractivity contribution in [2.75, 3.05) is 18.1 Å². The van der Waals surface area contributed by atoms with Gasteiger partial charge in [0.05, 0.1) is 11.5 Å². The molecule has 1 atom stereocenters. The Kier molecular flexibility index (Phi) is 5.74. The summed E-state index contributed by atoms with van der Waals surface area (Å²) in [5.41, 5.74) is 0.930. The minimum Gasteiger partial charge on any atom is -0.358 e. The van der Waals surface area contributed by atoms with Gasteiger partial charge in [-0.05, 0) is 42.8 Å². The summed E-state index contributed by atoms with van der Waals surface area (Å²) in [7, 11) is -2.93. The van der Waals surface area contributed by atoms with Crippen molar-refractivity contribution in [1.82, 2.24) is 10.2 Å². The van der Waals surface area contributed by atoms with Crippen molar-refractivity contribution < 1.29 is 12.8 Å². The van der Waals surface area contributed by atoms with Gasteiger partial charge in [0.15, 0.2) is 14.9 Å². The number of rotatable bonds is 5. The maximum Gasteiger partial charge on any atom is 0.169 e. The highest BCUT2D eigenvalue weighted by molar-refractivity contribution is 7.91. The van der Waals surface area contributed by atoms with E-state index in [0.717, 1.165) is 18.5 Å². The van der Waals surface area contributed by atoms with Crippen LogP contribution in [-0.4, -0.2) is 42.5 Å². The molecule has 22 heavy (non-hydrogen) atoms. The lowest BCUT2D eigenvalue weighted by atomic mass is 10.2. The number of halogens is 1. The molecule has 0 aliphatic carbocycles. The number of hydrogen-bond acceptors (Lipinski definition) is 3. The van der Waals surface area contributed by atoms with Crippen molar-refractivity contribution >= 4 is 27.2 Å². The highest BCUT2D eigenvalue weighted by atomic mass is 32.2. The topological polar surface area (TPSA) is 49.4 Å². The molecule has 1 aromatic carbocycles. The summed E-state index contributed by atoms with van der Waals surface area (Å²) in [6.45, 7) is 3.27. The molecule has 1 aliphatic rings. The molecule has 0 unspecified atom stereocenters. The molecule has 1 aromatic rings. The zero-order valence-corrected chi connectivity index (χ0v) is 14.2. The van der Waals surface area contributed by atoms with E-state index < -0.39 is 9.84 Å². The number of hydrogen-bond donors (Lipinski definition) is 1. The molecule has 0 aromatic heterocycles. The maximum absolute atomic E-state index is 12.9. The van der Waals surface area contributed by atoms with E-state index in [-0.39, 0.29) is 23.4 Å². The number of nitrogens with zero attached hydrogens (tertiary/aromatic N) is 1. The van der Waals surface area contributed by atoms with E-state index in [2.05, 4.69) is 5.32 Å². The molecule has 0 amide bonds. The Morgan fingerprint density at radius 2 is 2.09 bits per heavy atom. The predicted molar refractivity (Wildman–Crippen MR) is 89.9 cm³/mol. The fourth-order valence-electron chi connectivity index (χ4n) is 2.59. The summed E-state index contributed by atoms with van der Waals surface area (Å²) in [6.07, 6.45) is 1.52. The van der Waals surface area contributed by atoms with Crippen LogP contribution in [0.4, 0.5) is 4.39 Å². The number of nitrogens with one attached hydrogen (secondary N) is 1. The van der Waals surface area contributed by atoms with Crippen LogP contribution in [0.1, 0.15) is 25.3 Å². The van der Waals surface area contributed by atoms with Crippen LogP contribution in [0.3, 0.4) is 0 Å². The molecule has 0 bridgehead atoms. The predicted octanol–water partition coefficient (Wildman–Crippen LogP) is 2.10. The zero-order valence-electron chi connectivity index (χ0n) is 12.6. The van der Waals surface area contributed by atoms with Gasteiger partial charge in [-0.15, -0.1) is 0 Å². The van der Waals surface area contributed by atoms with Crippen LogP contribution >= 0.6 is 12.2 Å². The van der Waals surface area contributed by atoms with E-state index in [0.29, 0.717) is 18.1 Å². The van der Waals surface area contributed by atoms with Crippen molar-refractivity contribution in [3.05, 3.63) is 35.6 Å². The number of sulfone groups is 1. The van der Waals surface area contributed by atoms with Crippen LogP contribution in [0.25, 0.3) is 0 Å². The molecule has 1 fully saturated rings. The third kappa shape index (κ3) is 4.64. The molecule has 1 saturated heterocycles. The Balaban J connectivity index is 1.96. The molecule has 0 saturated carbocycles. The second-order valence-electron chi connectivity index (χ2n) is 5.54. The van der Waals surface area contributed by atoms with Crippen molar-refractivity contribution in [3.8, 4) is 0 Å². The smallest absolute Gasteiger partial charge is 0.169 e. The van der Waals surface area contributed by atoms with Crippen LogP contribution in [0.5, 0.6) is 0 Å². The van der Waals surface area contributed by atoms with E-state index in [4.69, 9.17) is 12.2 Å². The van der Waals surface area contributed by atoms with E-state index in [1.54, 1.807) is 12.1 Å². The van der Waals surface area contributed by atoms with Gasteiger partial charge in [-0.25, -0.2) is 12.8 Å². The SMILES string of the molecule is CCCN(C(=S)NCc1ccc(F)cc1)[C@@H]1CCS(=O)(=O)C1. The lowest BCUT2D eigenvalue weighted by Crippen LogP contribution is -2.46. The lowest BCUT2D eigenvalue weighted by Gasteiger charge is -2.30. The van der Waals surface area contributed by atoms with Gasteiger partial charge in [-0.3, -0.25) is 0 Å². The van der Waals surface area contributed by atoms with Crippen molar-refractivity contribution in [1.29, 1.82) is 0 Å². The first-order chi connectivity index (χ1) is 10.4. The highest BCUT2D eigenvalue weighted by Crippen LogP contribution is 2.18. The molecule has 1 N–H and O–H groups in total. The molecular formula is C15H21FN2O2S2. The summed E-state index contributed by atoms with van der Waals surface area (Å²) >= 11 is 5.42. The molecule has 0 radical (unpaired) electrons. The fraction of sp³-hybridized carbons (Fsp3) is 0.533. The molecule has 0 spiro atoms. The van der Waals surface area contributed by atoms with E-state index in [1.165, 1.54) is 12.1 Å². The molecule has 1 aliphatic heterocycles. The number of benzene rings is 1. The first-order valence-electron chi connectivity index (χ1n) is 7.40. The Labute approximate surface area is 136 Å². The largest absolute Gasteiger partial charge is 0.358 e. The standard InChI is InChI=1S/C15H21FN2O2S2/c1-2-8-18(14-7-9-22(19,20)11-14)15(21)17-10-12-3-5-13(16)6-4-12/h3-6,14H,2,7-11H2,1H3,(H,17,21)/t14-/m1/s1. The van der Waals surface area contributed by atoms with Gasteiger partial charge in [0.25, 0.3) is 0 Å². The van der Waals surface area contributed by atoms with Gasteiger partial charge in [-0.2, -0.15) is 0 Å². The van der Waals surface area contributed by atoms with Crippen LogP contribution < -0.4 is 5.32 Å². The summed E-state index contributed by atoms with van der Waals surface area (Å²) in [4.78, 5) is 1.98. The normalized spacial score (nSPS) is 19.8. The fourth-order valence-corrected chi connectivity index (χ4v) is 4.64. The summed E-state index contributed by atoms with van der Waals surface area (Å²) < 4.78 is 36.2. The summed E-state index contributed by atoms with van der Waals surface area (Å²) in [5, 5.41) is 3.71. The van der Waals surface area contributed by atoms with Crippen molar-refractivity contribution in [3.63, 3.8) is 0 Å². The molecule has 2 rings (SSSR count). The summed E-state index contributed by atoms with van der Waals surface area (Å²) in [6, 6.07) is 6.18. The van der Waals surface area contributed by atoms with Gasteiger partial charge in [0.2, 0.25) is 0 Å². The minimum atomic E-state index is -2.93.